The van der Waals surface area contributed by atoms with Gasteiger partial charge in [0.05, 0.1) is 10.6 Å². The van der Waals surface area contributed by atoms with E-state index in [1.54, 1.807) is 0 Å². The predicted molar refractivity (Wildman–Crippen MR) is 68.0 cm³/mol. The largest absolute Gasteiger partial charge is 0.477 e. The van der Waals surface area contributed by atoms with Gasteiger partial charge in [-0.15, -0.1) is 11.3 Å². The fourth-order valence-electron chi connectivity index (χ4n) is 1.35. The van der Waals surface area contributed by atoms with E-state index in [4.69, 9.17) is 5.11 Å². The van der Waals surface area contributed by atoms with Gasteiger partial charge in [0.15, 0.2) is 5.13 Å². The number of carboxylic acids is 1. The number of anilines is 2. The van der Waals surface area contributed by atoms with Crippen molar-refractivity contribution in [2.75, 3.05) is 5.32 Å². The second-order valence-corrected chi connectivity index (χ2v) is 4.43. The van der Waals surface area contributed by atoms with E-state index in [0.29, 0.717) is 5.13 Å². The number of nitrogens with one attached hydrogen (secondary N) is 1. The van der Waals surface area contributed by atoms with Crippen LogP contribution in [0.15, 0.2) is 17.6 Å². The van der Waals surface area contributed by atoms with Crippen molar-refractivity contribution >= 4 is 33.9 Å². The van der Waals surface area contributed by atoms with Gasteiger partial charge in [0.1, 0.15) is 17.6 Å². The van der Waals surface area contributed by atoms with Crippen LogP contribution in [0.1, 0.15) is 16.1 Å². The molecule has 0 spiro atoms. The summed E-state index contributed by atoms with van der Waals surface area (Å²) in [5.74, 6) is -1.19. The monoisotopic (exact) mass is 280 g/mol. The summed E-state index contributed by atoms with van der Waals surface area (Å²) in [7, 11) is 0. The third-order valence-corrected chi connectivity index (χ3v) is 3.04. The van der Waals surface area contributed by atoms with E-state index in [1.807, 2.05) is 12.3 Å². The number of carbonyl (C=O) groups is 1. The Morgan fingerprint density at radius 3 is 2.84 bits per heavy atom. The van der Waals surface area contributed by atoms with Crippen LogP contribution in [0.5, 0.6) is 0 Å². The van der Waals surface area contributed by atoms with Crippen molar-refractivity contribution in [2.45, 2.75) is 6.92 Å². The molecule has 8 nitrogen and oxygen atoms in total. The Labute approximate surface area is 110 Å². The fourth-order valence-corrected chi connectivity index (χ4v) is 2.05. The van der Waals surface area contributed by atoms with Crippen molar-refractivity contribution in [3.8, 4) is 0 Å². The Morgan fingerprint density at radius 1 is 1.58 bits per heavy atom. The summed E-state index contributed by atoms with van der Waals surface area (Å²) < 4.78 is 0. The number of hydrogen-bond acceptors (Lipinski definition) is 7. The molecule has 2 aromatic rings. The highest BCUT2D eigenvalue weighted by Crippen LogP contribution is 2.24. The lowest BCUT2D eigenvalue weighted by Crippen LogP contribution is -2.05. The minimum Gasteiger partial charge on any atom is -0.477 e. The number of pyridine rings is 1. The third-order valence-electron chi connectivity index (χ3n) is 2.16. The van der Waals surface area contributed by atoms with Gasteiger partial charge >= 0.3 is 11.7 Å². The molecule has 2 rings (SSSR count). The van der Waals surface area contributed by atoms with Crippen LogP contribution >= 0.6 is 11.3 Å². The van der Waals surface area contributed by atoms with Crippen LogP contribution in [0.25, 0.3) is 0 Å². The summed E-state index contributed by atoms with van der Waals surface area (Å²) in [6.07, 6.45) is 0.909. The maximum atomic E-state index is 11.0. The molecule has 9 heteroatoms. The molecule has 0 fully saturated rings. The summed E-state index contributed by atoms with van der Waals surface area (Å²) in [6.45, 7) is 1.81. The molecule has 2 heterocycles. The smallest absolute Gasteiger partial charge is 0.342 e. The molecular weight excluding hydrogens is 272 g/mol. The standard InChI is InChI=1S/C10H8N4O4S/c1-5-4-19-10(12-5)13-8-2-6(9(15)16)7(3-11-8)14(17)18/h2-4H,1H3,(H,15,16)(H,11,12,13). The van der Waals surface area contributed by atoms with Crippen molar-refractivity contribution < 1.29 is 14.8 Å². The van der Waals surface area contributed by atoms with Crippen molar-refractivity contribution in [1.29, 1.82) is 0 Å². The van der Waals surface area contributed by atoms with E-state index in [9.17, 15) is 14.9 Å². The number of hydrogen-bond donors (Lipinski definition) is 2. The second kappa shape index (κ2) is 4.98. The number of nitrogens with zero attached hydrogens (tertiary/aromatic N) is 3. The highest BCUT2D eigenvalue weighted by molar-refractivity contribution is 7.13. The van der Waals surface area contributed by atoms with Crippen molar-refractivity contribution in [3.63, 3.8) is 0 Å². The number of thiazole rings is 1. The van der Waals surface area contributed by atoms with E-state index in [1.165, 1.54) is 11.3 Å². The normalized spacial score (nSPS) is 10.2. The van der Waals surface area contributed by atoms with Gasteiger partial charge in [-0.25, -0.2) is 14.8 Å². The minimum atomic E-state index is -1.38. The van der Waals surface area contributed by atoms with Gasteiger partial charge in [0, 0.05) is 11.4 Å². The van der Waals surface area contributed by atoms with E-state index in [2.05, 4.69) is 15.3 Å². The van der Waals surface area contributed by atoms with Crippen molar-refractivity contribution in [2.24, 2.45) is 0 Å². The van der Waals surface area contributed by atoms with Crippen LogP contribution < -0.4 is 5.32 Å². The molecule has 2 N–H and O–H groups in total. The molecule has 98 valence electrons. The van der Waals surface area contributed by atoms with Gasteiger partial charge < -0.3 is 10.4 Å². The number of aromatic carboxylic acids is 1. The van der Waals surface area contributed by atoms with Gasteiger partial charge in [-0.05, 0) is 6.92 Å². The maximum absolute atomic E-state index is 11.0. The average molecular weight is 280 g/mol. The summed E-state index contributed by atoms with van der Waals surface area (Å²) in [5.41, 5.74) is -0.156. The quantitative estimate of drug-likeness (QED) is 0.650. The van der Waals surface area contributed by atoms with Crippen LogP contribution in [-0.2, 0) is 0 Å². The Bertz CT molecular complexity index is 655. The molecule has 0 unspecified atom stereocenters. The molecule has 0 bridgehead atoms. The van der Waals surface area contributed by atoms with Crippen molar-refractivity contribution in [3.05, 3.63) is 39.0 Å². The van der Waals surface area contributed by atoms with Gasteiger partial charge in [0.25, 0.3) is 0 Å². The van der Waals surface area contributed by atoms with Gasteiger partial charge in [-0.2, -0.15) is 0 Å². The van der Waals surface area contributed by atoms with Gasteiger partial charge in [-0.3, -0.25) is 10.1 Å². The zero-order valence-corrected chi connectivity index (χ0v) is 10.5. The molecule has 2 aromatic heterocycles. The molecule has 0 aliphatic rings. The number of nitro groups is 1. The second-order valence-electron chi connectivity index (χ2n) is 3.57. The lowest BCUT2D eigenvalue weighted by molar-refractivity contribution is -0.385. The first-order valence-electron chi connectivity index (χ1n) is 5.04. The topological polar surface area (TPSA) is 118 Å². The SMILES string of the molecule is Cc1csc(Nc2cc(C(=O)O)c([N+](=O)[O-])cn2)n1. The average Bonchev–Trinajstić information content (AvgIpc) is 2.74. The zero-order chi connectivity index (χ0) is 14.0. The first-order chi connectivity index (χ1) is 8.97. The lowest BCUT2D eigenvalue weighted by Gasteiger charge is -2.03. The highest BCUT2D eigenvalue weighted by atomic mass is 32.1. The lowest BCUT2D eigenvalue weighted by atomic mass is 10.2. The zero-order valence-electron chi connectivity index (χ0n) is 9.65. The number of aromatic nitrogens is 2. The molecule has 0 radical (unpaired) electrons. The first kappa shape index (κ1) is 12.9. The molecule has 0 amide bonds. The summed E-state index contributed by atoms with van der Waals surface area (Å²) in [5, 5.41) is 24.8. The number of rotatable bonds is 4. The molecule has 0 aliphatic carbocycles. The fraction of sp³-hybridized carbons (Fsp3) is 0.100. The Kier molecular flexibility index (Phi) is 3.38. The Hall–Kier alpha value is -2.55. The summed E-state index contributed by atoms with van der Waals surface area (Å²) in [6, 6.07) is 1.11. The van der Waals surface area contributed by atoms with Crippen LogP contribution in [-0.4, -0.2) is 26.0 Å². The van der Waals surface area contributed by atoms with E-state index in [0.717, 1.165) is 18.0 Å². The van der Waals surface area contributed by atoms with Crippen LogP contribution in [0, 0.1) is 17.0 Å². The predicted octanol–water partition coefficient (Wildman–Crippen LogP) is 2.20. The van der Waals surface area contributed by atoms with E-state index < -0.39 is 22.1 Å². The molecule has 19 heavy (non-hydrogen) atoms. The number of carboxylic acid groups (broad SMARTS) is 1. The summed E-state index contributed by atoms with van der Waals surface area (Å²) >= 11 is 1.33. The minimum absolute atomic E-state index is 0.192. The van der Waals surface area contributed by atoms with Gasteiger partial charge in [0.2, 0.25) is 0 Å². The van der Waals surface area contributed by atoms with Crippen LogP contribution in [0.3, 0.4) is 0 Å². The molecule has 0 saturated carbocycles. The van der Waals surface area contributed by atoms with Crippen LogP contribution in [0.2, 0.25) is 0 Å². The molecular formula is C10H8N4O4S. The van der Waals surface area contributed by atoms with E-state index >= 15 is 0 Å². The highest BCUT2D eigenvalue weighted by Gasteiger charge is 2.21. The third kappa shape index (κ3) is 2.83. The van der Waals surface area contributed by atoms with Crippen LogP contribution in [0.4, 0.5) is 16.6 Å². The molecule has 0 aromatic carbocycles. The number of aryl methyl sites for hydroxylation is 1. The molecule has 0 saturated heterocycles. The molecule has 0 aliphatic heterocycles. The molecule has 0 atom stereocenters. The Balaban J connectivity index is 2.35. The van der Waals surface area contributed by atoms with E-state index in [-0.39, 0.29) is 5.82 Å². The van der Waals surface area contributed by atoms with Crippen molar-refractivity contribution in [1.82, 2.24) is 9.97 Å². The van der Waals surface area contributed by atoms with Gasteiger partial charge in [-0.1, -0.05) is 0 Å². The maximum Gasteiger partial charge on any atom is 0.342 e. The summed E-state index contributed by atoms with van der Waals surface area (Å²) in [4.78, 5) is 28.8. The first-order valence-corrected chi connectivity index (χ1v) is 5.92. The Morgan fingerprint density at radius 2 is 2.32 bits per heavy atom.